The molecule has 3 nitrogen and oxygen atoms in total. The number of aromatic nitrogens is 2. The van der Waals surface area contributed by atoms with Gasteiger partial charge in [0, 0.05) is 17.6 Å². The molecule has 1 aromatic heterocycles. The van der Waals surface area contributed by atoms with E-state index in [1.165, 1.54) is 5.56 Å². The molecule has 0 saturated heterocycles. The second-order valence-corrected chi connectivity index (χ2v) is 6.99. The summed E-state index contributed by atoms with van der Waals surface area (Å²) in [5.41, 5.74) is 8.62. The highest BCUT2D eigenvalue weighted by Gasteiger charge is 2.21. The highest BCUT2D eigenvalue weighted by atomic mass is 79.9. The number of nitrogens with two attached hydrogens (primary N) is 1. The Morgan fingerprint density at radius 2 is 2.15 bits per heavy atom. The van der Waals surface area contributed by atoms with Crippen molar-refractivity contribution in [3.05, 3.63) is 46.1 Å². The second-order valence-electron chi connectivity index (χ2n) is 4.91. The van der Waals surface area contributed by atoms with Gasteiger partial charge in [0.15, 0.2) is 0 Å². The minimum atomic E-state index is 0.115. The second kappa shape index (κ2) is 6.78. The van der Waals surface area contributed by atoms with Gasteiger partial charge in [-0.1, -0.05) is 46.7 Å². The molecule has 0 aliphatic carbocycles. The normalized spacial score (nSPS) is 14.2. The first kappa shape index (κ1) is 15.6. The predicted molar refractivity (Wildman–Crippen MR) is 89.0 cm³/mol. The van der Waals surface area contributed by atoms with Crippen LogP contribution in [0.25, 0.3) is 0 Å². The summed E-state index contributed by atoms with van der Waals surface area (Å²) in [7, 11) is 1.98. The van der Waals surface area contributed by atoms with Crippen molar-refractivity contribution in [1.82, 2.24) is 9.78 Å². The van der Waals surface area contributed by atoms with Crippen molar-refractivity contribution in [2.45, 2.75) is 36.6 Å². The van der Waals surface area contributed by atoms with Crippen LogP contribution in [-0.2, 0) is 7.05 Å². The summed E-state index contributed by atoms with van der Waals surface area (Å²) in [5.74, 6) is 0. The standard InChI is InChI=1S/C15H20BrN3S/c1-4-13(17)15(11-6-5-7-12(16)9-11)20-14-8-10(2)18-19(14)3/h5-9,13,15H,4,17H2,1-3H3. The van der Waals surface area contributed by atoms with Crippen LogP contribution in [0.2, 0.25) is 0 Å². The Balaban J connectivity index is 2.31. The first-order chi connectivity index (χ1) is 9.51. The number of thioether (sulfide) groups is 1. The first-order valence-corrected chi connectivity index (χ1v) is 8.37. The van der Waals surface area contributed by atoms with E-state index in [4.69, 9.17) is 5.73 Å². The predicted octanol–water partition coefficient (Wildman–Crippen LogP) is 4.06. The van der Waals surface area contributed by atoms with E-state index in [-0.39, 0.29) is 11.3 Å². The minimum Gasteiger partial charge on any atom is -0.326 e. The molecule has 0 spiro atoms. The van der Waals surface area contributed by atoms with Crippen LogP contribution in [0.4, 0.5) is 0 Å². The van der Waals surface area contributed by atoms with E-state index in [0.717, 1.165) is 21.6 Å². The number of rotatable bonds is 5. The fourth-order valence-electron chi connectivity index (χ4n) is 2.13. The molecule has 0 amide bonds. The fraction of sp³-hybridized carbons (Fsp3) is 0.400. The van der Waals surface area contributed by atoms with Gasteiger partial charge in [0.25, 0.3) is 0 Å². The zero-order valence-electron chi connectivity index (χ0n) is 12.0. The molecule has 5 heteroatoms. The van der Waals surface area contributed by atoms with Crippen LogP contribution in [0.1, 0.15) is 29.9 Å². The average Bonchev–Trinajstić information content (AvgIpc) is 2.73. The van der Waals surface area contributed by atoms with Gasteiger partial charge in [0.05, 0.1) is 16.0 Å². The Morgan fingerprint density at radius 1 is 1.40 bits per heavy atom. The van der Waals surface area contributed by atoms with Crippen molar-refractivity contribution in [3.63, 3.8) is 0 Å². The average molecular weight is 354 g/mol. The topological polar surface area (TPSA) is 43.8 Å². The molecule has 20 heavy (non-hydrogen) atoms. The molecule has 0 bridgehead atoms. The molecule has 1 aromatic carbocycles. The molecule has 0 aliphatic heterocycles. The zero-order valence-corrected chi connectivity index (χ0v) is 14.4. The van der Waals surface area contributed by atoms with Gasteiger partial charge in [0.2, 0.25) is 0 Å². The molecule has 108 valence electrons. The number of halogens is 1. The third-order valence-electron chi connectivity index (χ3n) is 3.24. The molecular formula is C15H20BrN3S. The SMILES string of the molecule is CCC(N)C(Sc1cc(C)nn1C)c1cccc(Br)c1. The fourth-order valence-corrected chi connectivity index (χ4v) is 3.89. The third-order valence-corrected chi connectivity index (χ3v) is 5.24. The molecule has 2 atom stereocenters. The largest absolute Gasteiger partial charge is 0.326 e. The first-order valence-electron chi connectivity index (χ1n) is 6.69. The minimum absolute atomic E-state index is 0.115. The van der Waals surface area contributed by atoms with Gasteiger partial charge >= 0.3 is 0 Å². The molecule has 2 N–H and O–H groups in total. The Bertz CT molecular complexity index is 582. The van der Waals surface area contributed by atoms with Crippen LogP contribution in [0.15, 0.2) is 39.8 Å². The molecule has 0 fully saturated rings. The maximum Gasteiger partial charge on any atom is 0.0945 e. The van der Waals surface area contributed by atoms with Crippen LogP contribution in [0.3, 0.4) is 0 Å². The Hall–Kier alpha value is -0.780. The molecule has 2 aromatic rings. The van der Waals surface area contributed by atoms with Crippen molar-refractivity contribution >= 4 is 27.7 Å². The highest BCUT2D eigenvalue weighted by molar-refractivity contribution is 9.10. The highest BCUT2D eigenvalue weighted by Crippen LogP contribution is 2.38. The van der Waals surface area contributed by atoms with Gasteiger partial charge in [-0.3, -0.25) is 4.68 Å². The number of benzene rings is 1. The van der Waals surface area contributed by atoms with E-state index in [1.54, 1.807) is 11.8 Å². The number of hydrogen-bond donors (Lipinski definition) is 1. The van der Waals surface area contributed by atoms with Gasteiger partial charge in [-0.25, -0.2) is 0 Å². The van der Waals surface area contributed by atoms with E-state index in [9.17, 15) is 0 Å². The van der Waals surface area contributed by atoms with E-state index < -0.39 is 0 Å². The lowest BCUT2D eigenvalue weighted by Crippen LogP contribution is -2.25. The van der Waals surface area contributed by atoms with Gasteiger partial charge < -0.3 is 5.73 Å². The number of aryl methyl sites for hydroxylation is 2. The van der Waals surface area contributed by atoms with Crippen LogP contribution in [0, 0.1) is 6.92 Å². The quantitative estimate of drug-likeness (QED) is 0.824. The van der Waals surface area contributed by atoms with E-state index >= 15 is 0 Å². The van der Waals surface area contributed by atoms with Gasteiger partial charge in [-0.05, 0) is 37.1 Å². The summed E-state index contributed by atoms with van der Waals surface area (Å²) in [6.07, 6.45) is 0.945. The molecule has 0 radical (unpaired) electrons. The van der Waals surface area contributed by atoms with Crippen LogP contribution >= 0.6 is 27.7 Å². The number of hydrogen-bond acceptors (Lipinski definition) is 3. The van der Waals surface area contributed by atoms with Gasteiger partial charge in [-0.15, -0.1) is 0 Å². The van der Waals surface area contributed by atoms with Crippen molar-refractivity contribution in [1.29, 1.82) is 0 Å². The van der Waals surface area contributed by atoms with Crippen molar-refractivity contribution < 1.29 is 0 Å². The summed E-state index contributed by atoms with van der Waals surface area (Å²) < 4.78 is 3.01. The van der Waals surface area contributed by atoms with Crippen LogP contribution in [0.5, 0.6) is 0 Å². The van der Waals surface area contributed by atoms with E-state index in [0.29, 0.717) is 0 Å². The lowest BCUT2D eigenvalue weighted by Gasteiger charge is -2.23. The Labute approximate surface area is 133 Å². The maximum atomic E-state index is 6.34. The third kappa shape index (κ3) is 3.65. The maximum absolute atomic E-state index is 6.34. The van der Waals surface area contributed by atoms with Gasteiger partial charge in [0.1, 0.15) is 0 Å². The van der Waals surface area contributed by atoms with Crippen LogP contribution < -0.4 is 5.73 Å². The van der Waals surface area contributed by atoms with Gasteiger partial charge in [-0.2, -0.15) is 5.10 Å². The molecule has 2 unspecified atom stereocenters. The molecular weight excluding hydrogens is 334 g/mol. The lowest BCUT2D eigenvalue weighted by atomic mass is 10.0. The monoisotopic (exact) mass is 353 g/mol. The van der Waals surface area contributed by atoms with Crippen molar-refractivity contribution in [2.75, 3.05) is 0 Å². The van der Waals surface area contributed by atoms with E-state index in [2.05, 4.69) is 52.2 Å². The Morgan fingerprint density at radius 3 is 2.70 bits per heavy atom. The lowest BCUT2D eigenvalue weighted by molar-refractivity contribution is 0.628. The van der Waals surface area contributed by atoms with Crippen molar-refractivity contribution in [3.8, 4) is 0 Å². The van der Waals surface area contributed by atoms with Crippen molar-refractivity contribution in [2.24, 2.45) is 12.8 Å². The molecule has 2 rings (SSSR count). The summed E-state index contributed by atoms with van der Waals surface area (Å²) >= 11 is 5.32. The summed E-state index contributed by atoms with van der Waals surface area (Å²) in [6.45, 7) is 4.14. The Kier molecular flexibility index (Phi) is 5.29. The summed E-state index contributed by atoms with van der Waals surface area (Å²) in [5, 5.41) is 5.78. The summed E-state index contributed by atoms with van der Waals surface area (Å²) in [6, 6.07) is 10.6. The van der Waals surface area contributed by atoms with Crippen LogP contribution in [-0.4, -0.2) is 15.8 Å². The summed E-state index contributed by atoms with van der Waals surface area (Å²) in [4.78, 5) is 0. The number of nitrogens with zero attached hydrogens (tertiary/aromatic N) is 2. The molecule has 0 saturated carbocycles. The molecule has 1 heterocycles. The zero-order chi connectivity index (χ0) is 14.7. The molecule has 0 aliphatic rings. The van der Waals surface area contributed by atoms with E-state index in [1.807, 2.05) is 24.7 Å². The smallest absolute Gasteiger partial charge is 0.0945 e.